The zero-order chi connectivity index (χ0) is 16.2. The minimum absolute atomic E-state index is 0.135. The van der Waals surface area contributed by atoms with Gasteiger partial charge < -0.3 is 14.6 Å². The second-order valence-electron chi connectivity index (χ2n) is 5.60. The SMILES string of the molecule is CC(=O)NCc1ccc(C(=O)N2CCC[C@H](n3cncn3)C2)o1. The van der Waals surface area contributed by atoms with E-state index in [0.29, 0.717) is 24.6 Å². The molecule has 2 aromatic rings. The molecule has 0 saturated carbocycles. The van der Waals surface area contributed by atoms with E-state index in [1.54, 1.807) is 28.0 Å². The molecule has 0 spiro atoms. The standard InChI is InChI=1S/C15H19N5O3/c1-11(21)17-7-13-4-5-14(23-13)15(22)19-6-2-3-12(8-19)20-10-16-9-18-20/h4-5,9-10,12H,2-3,6-8H2,1H3,(H,17,21)/t12-/m0/s1. The minimum Gasteiger partial charge on any atom is -0.454 e. The number of furan rings is 1. The number of amides is 2. The molecular formula is C15H19N5O3. The Bertz CT molecular complexity index is 679. The Morgan fingerprint density at radius 2 is 2.30 bits per heavy atom. The fourth-order valence-electron chi connectivity index (χ4n) is 2.72. The number of likely N-dealkylation sites (tertiary alicyclic amines) is 1. The molecule has 23 heavy (non-hydrogen) atoms. The molecule has 0 radical (unpaired) electrons. The first-order valence-electron chi connectivity index (χ1n) is 7.60. The van der Waals surface area contributed by atoms with Gasteiger partial charge in [0.1, 0.15) is 18.4 Å². The van der Waals surface area contributed by atoms with Gasteiger partial charge in [0, 0.05) is 20.0 Å². The minimum atomic E-state index is -0.138. The van der Waals surface area contributed by atoms with Crippen molar-refractivity contribution in [2.75, 3.05) is 13.1 Å². The Labute approximate surface area is 133 Å². The first-order chi connectivity index (χ1) is 11.1. The van der Waals surface area contributed by atoms with Crippen LogP contribution in [0.3, 0.4) is 0 Å². The fourth-order valence-corrected chi connectivity index (χ4v) is 2.72. The van der Waals surface area contributed by atoms with Crippen molar-refractivity contribution in [1.82, 2.24) is 25.0 Å². The molecule has 0 aliphatic carbocycles. The predicted octanol–water partition coefficient (Wildman–Crippen LogP) is 0.984. The third kappa shape index (κ3) is 3.58. The molecule has 1 saturated heterocycles. The van der Waals surface area contributed by atoms with Gasteiger partial charge >= 0.3 is 0 Å². The fraction of sp³-hybridized carbons (Fsp3) is 0.467. The molecule has 1 aliphatic heterocycles. The maximum absolute atomic E-state index is 12.6. The summed E-state index contributed by atoms with van der Waals surface area (Å²) in [6.45, 7) is 3.01. The van der Waals surface area contributed by atoms with Gasteiger partial charge in [0.2, 0.25) is 5.91 Å². The highest BCUT2D eigenvalue weighted by atomic mass is 16.4. The highest BCUT2D eigenvalue weighted by Gasteiger charge is 2.27. The Hall–Kier alpha value is -2.64. The van der Waals surface area contributed by atoms with Crippen molar-refractivity contribution in [2.24, 2.45) is 0 Å². The predicted molar refractivity (Wildman–Crippen MR) is 80.4 cm³/mol. The van der Waals surface area contributed by atoms with E-state index in [2.05, 4.69) is 15.4 Å². The summed E-state index contributed by atoms with van der Waals surface area (Å²) in [6, 6.07) is 3.50. The second-order valence-corrected chi connectivity index (χ2v) is 5.60. The lowest BCUT2D eigenvalue weighted by Gasteiger charge is -2.32. The van der Waals surface area contributed by atoms with Crippen LogP contribution in [0.15, 0.2) is 29.2 Å². The van der Waals surface area contributed by atoms with Gasteiger partial charge in [-0.05, 0) is 25.0 Å². The van der Waals surface area contributed by atoms with Crippen LogP contribution < -0.4 is 5.32 Å². The van der Waals surface area contributed by atoms with Gasteiger partial charge in [-0.3, -0.25) is 9.59 Å². The number of aromatic nitrogens is 3. The van der Waals surface area contributed by atoms with Gasteiger partial charge in [0.25, 0.3) is 5.91 Å². The van der Waals surface area contributed by atoms with Crippen molar-refractivity contribution in [2.45, 2.75) is 32.4 Å². The van der Waals surface area contributed by atoms with Crippen LogP contribution in [-0.2, 0) is 11.3 Å². The van der Waals surface area contributed by atoms with Gasteiger partial charge in [0.15, 0.2) is 5.76 Å². The van der Waals surface area contributed by atoms with Gasteiger partial charge in [0.05, 0.1) is 12.6 Å². The molecule has 1 aliphatic rings. The Balaban J connectivity index is 1.64. The molecule has 0 unspecified atom stereocenters. The van der Waals surface area contributed by atoms with Crippen LogP contribution in [0.4, 0.5) is 0 Å². The van der Waals surface area contributed by atoms with E-state index in [-0.39, 0.29) is 24.4 Å². The lowest BCUT2D eigenvalue weighted by molar-refractivity contribution is -0.119. The summed E-state index contributed by atoms with van der Waals surface area (Å²) in [6.07, 6.45) is 5.06. The number of nitrogens with zero attached hydrogens (tertiary/aromatic N) is 4. The third-order valence-electron chi connectivity index (χ3n) is 3.88. The quantitative estimate of drug-likeness (QED) is 0.907. The molecular weight excluding hydrogens is 298 g/mol. The van der Waals surface area contributed by atoms with E-state index in [1.165, 1.54) is 13.3 Å². The smallest absolute Gasteiger partial charge is 0.289 e. The lowest BCUT2D eigenvalue weighted by atomic mass is 10.1. The van der Waals surface area contributed by atoms with Crippen molar-refractivity contribution in [1.29, 1.82) is 0 Å². The highest BCUT2D eigenvalue weighted by molar-refractivity contribution is 5.91. The van der Waals surface area contributed by atoms with Crippen molar-refractivity contribution in [3.8, 4) is 0 Å². The molecule has 122 valence electrons. The second kappa shape index (κ2) is 6.64. The van der Waals surface area contributed by atoms with Gasteiger partial charge in [-0.2, -0.15) is 5.10 Å². The summed E-state index contributed by atoms with van der Waals surface area (Å²) in [5, 5.41) is 6.80. The largest absolute Gasteiger partial charge is 0.454 e. The zero-order valence-electron chi connectivity index (χ0n) is 12.9. The Kier molecular flexibility index (Phi) is 4.40. The molecule has 0 bridgehead atoms. The summed E-state index contributed by atoms with van der Waals surface area (Å²) in [5.74, 6) is 0.586. The maximum Gasteiger partial charge on any atom is 0.289 e. The molecule has 1 fully saturated rings. The molecule has 8 heteroatoms. The number of nitrogens with one attached hydrogen (secondary N) is 1. The molecule has 1 atom stereocenters. The van der Waals surface area contributed by atoms with E-state index in [0.717, 1.165) is 12.8 Å². The van der Waals surface area contributed by atoms with Crippen LogP contribution in [0.5, 0.6) is 0 Å². The van der Waals surface area contributed by atoms with Gasteiger partial charge in [-0.1, -0.05) is 0 Å². The number of piperidine rings is 1. The molecule has 0 aromatic carbocycles. The van der Waals surface area contributed by atoms with Crippen molar-refractivity contribution < 1.29 is 14.0 Å². The van der Waals surface area contributed by atoms with Crippen LogP contribution in [-0.4, -0.2) is 44.6 Å². The number of carbonyl (C=O) groups is 2. The zero-order valence-corrected chi connectivity index (χ0v) is 12.9. The molecule has 2 aromatic heterocycles. The maximum atomic E-state index is 12.6. The molecule has 8 nitrogen and oxygen atoms in total. The molecule has 1 N–H and O–H groups in total. The first kappa shape index (κ1) is 15.3. The summed E-state index contributed by atoms with van der Waals surface area (Å²) in [5.41, 5.74) is 0. The van der Waals surface area contributed by atoms with Crippen molar-refractivity contribution in [3.63, 3.8) is 0 Å². The number of hydrogen-bond donors (Lipinski definition) is 1. The average molecular weight is 317 g/mol. The van der Waals surface area contributed by atoms with E-state index >= 15 is 0 Å². The van der Waals surface area contributed by atoms with Crippen LogP contribution in [0.2, 0.25) is 0 Å². The third-order valence-corrected chi connectivity index (χ3v) is 3.88. The summed E-state index contributed by atoms with van der Waals surface area (Å²) in [7, 11) is 0. The van der Waals surface area contributed by atoms with E-state index in [1.807, 2.05) is 0 Å². The molecule has 3 heterocycles. The van der Waals surface area contributed by atoms with Crippen LogP contribution in [0, 0.1) is 0 Å². The van der Waals surface area contributed by atoms with Crippen LogP contribution in [0.1, 0.15) is 42.1 Å². The Morgan fingerprint density at radius 3 is 3.04 bits per heavy atom. The summed E-state index contributed by atoms with van der Waals surface area (Å²) >= 11 is 0. The topological polar surface area (TPSA) is 93.3 Å². The molecule has 3 rings (SSSR count). The lowest BCUT2D eigenvalue weighted by Crippen LogP contribution is -2.40. The summed E-state index contributed by atoms with van der Waals surface area (Å²) < 4.78 is 7.33. The Morgan fingerprint density at radius 1 is 1.43 bits per heavy atom. The number of carbonyl (C=O) groups excluding carboxylic acids is 2. The average Bonchev–Trinajstić information content (AvgIpc) is 3.24. The van der Waals surface area contributed by atoms with Crippen molar-refractivity contribution >= 4 is 11.8 Å². The highest BCUT2D eigenvalue weighted by Crippen LogP contribution is 2.22. The normalized spacial score (nSPS) is 18.0. The monoisotopic (exact) mass is 317 g/mol. The summed E-state index contributed by atoms with van der Waals surface area (Å²) in [4.78, 5) is 29.2. The van der Waals surface area contributed by atoms with Crippen LogP contribution >= 0.6 is 0 Å². The van der Waals surface area contributed by atoms with E-state index in [9.17, 15) is 9.59 Å². The van der Waals surface area contributed by atoms with Gasteiger partial charge in [-0.15, -0.1) is 0 Å². The van der Waals surface area contributed by atoms with Gasteiger partial charge in [-0.25, -0.2) is 9.67 Å². The van der Waals surface area contributed by atoms with E-state index < -0.39 is 0 Å². The first-order valence-corrected chi connectivity index (χ1v) is 7.60. The van der Waals surface area contributed by atoms with E-state index in [4.69, 9.17) is 4.42 Å². The molecule has 2 amide bonds. The van der Waals surface area contributed by atoms with Crippen molar-refractivity contribution in [3.05, 3.63) is 36.3 Å². The number of rotatable bonds is 4. The number of hydrogen-bond acceptors (Lipinski definition) is 5. The van der Waals surface area contributed by atoms with Crippen LogP contribution in [0.25, 0.3) is 0 Å².